The maximum Gasteiger partial charge on any atom is 0.322 e. The minimum absolute atomic E-state index is 0.290. The predicted octanol–water partition coefficient (Wildman–Crippen LogP) is -5.47. The molecule has 3 atom stereocenters. The molecule has 19 heteroatoms. The highest BCUT2D eigenvalue weighted by Gasteiger charge is 2.27. The van der Waals surface area contributed by atoms with Gasteiger partial charge in [-0.2, -0.15) is 0 Å². The Bertz CT molecular complexity index is 953. The van der Waals surface area contributed by atoms with Gasteiger partial charge in [0.25, 0.3) is 0 Å². The molecule has 5 amide bonds. The molecule has 38 heavy (non-hydrogen) atoms. The van der Waals surface area contributed by atoms with E-state index in [0.717, 1.165) is 0 Å². The number of carboxylic acid groups (broad SMARTS) is 4. The minimum Gasteiger partial charge on any atom is -0.481 e. The summed E-state index contributed by atoms with van der Waals surface area (Å²) in [5, 5.41) is 45.0. The van der Waals surface area contributed by atoms with E-state index in [1.54, 1.807) is 0 Å². The highest BCUT2D eigenvalue weighted by molar-refractivity contribution is 5.95. The summed E-state index contributed by atoms with van der Waals surface area (Å²) in [7, 11) is 0. The van der Waals surface area contributed by atoms with Crippen LogP contribution in [0.1, 0.15) is 25.7 Å². The van der Waals surface area contributed by atoms with Crippen molar-refractivity contribution < 1.29 is 63.6 Å². The zero-order chi connectivity index (χ0) is 29.4. The van der Waals surface area contributed by atoms with Gasteiger partial charge in [-0.15, -0.1) is 0 Å². The van der Waals surface area contributed by atoms with Gasteiger partial charge in [0.1, 0.15) is 18.6 Å². The molecule has 0 aromatic heterocycles. The summed E-state index contributed by atoms with van der Waals surface area (Å²) >= 11 is 0. The molecule has 0 aromatic carbocycles. The Morgan fingerprint density at radius 2 is 1.03 bits per heavy atom. The molecular weight excluding hydrogens is 520 g/mol. The van der Waals surface area contributed by atoms with Crippen LogP contribution in [0.5, 0.6) is 0 Å². The SMILES string of the molecule is NC(CCC(=O)O)C(=O)NC(CC(=O)O)C(=O)NCC(=O)NCC(=O)NC(CC(=O)O)C(=O)NCC(=O)O. The average Bonchev–Trinajstić information content (AvgIpc) is 2.81. The van der Waals surface area contributed by atoms with E-state index in [-0.39, 0.29) is 6.42 Å². The molecule has 0 aromatic rings. The fraction of sp³-hybridized carbons (Fsp3) is 0.526. The smallest absolute Gasteiger partial charge is 0.322 e. The standard InChI is InChI=1S/C19H28N6O13/c20-8(1-2-13(28)29)17(36)25-10(4-15(32)33)19(38)22-5-11(26)21-6-12(27)24-9(3-14(30)31)18(37)23-7-16(34)35/h8-10H,1-7,20H2,(H,21,26)(H,22,38)(H,23,37)(H,24,27)(H,25,36)(H,28,29)(H,30,31)(H,32,33)(H,34,35). The Kier molecular flexibility index (Phi) is 14.7. The van der Waals surface area contributed by atoms with Gasteiger partial charge in [-0.05, 0) is 6.42 Å². The lowest BCUT2D eigenvalue weighted by molar-refractivity contribution is -0.142. The molecule has 0 aliphatic rings. The molecule has 0 heterocycles. The molecular formula is C19H28N6O13. The fourth-order valence-electron chi connectivity index (χ4n) is 2.52. The topological polar surface area (TPSA) is 321 Å². The van der Waals surface area contributed by atoms with Crippen molar-refractivity contribution in [2.75, 3.05) is 19.6 Å². The zero-order valence-corrected chi connectivity index (χ0v) is 19.7. The van der Waals surface area contributed by atoms with Crippen LogP contribution in [0, 0.1) is 0 Å². The van der Waals surface area contributed by atoms with Gasteiger partial charge in [0.2, 0.25) is 29.5 Å². The van der Waals surface area contributed by atoms with Crippen molar-refractivity contribution in [1.82, 2.24) is 26.6 Å². The maximum absolute atomic E-state index is 12.3. The first kappa shape index (κ1) is 33.2. The van der Waals surface area contributed by atoms with Gasteiger partial charge in [-0.1, -0.05) is 0 Å². The third kappa shape index (κ3) is 15.2. The van der Waals surface area contributed by atoms with Gasteiger partial charge < -0.3 is 52.7 Å². The second-order valence-corrected chi connectivity index (χ2v) is 7.52. The minimum atomic E-state index is -1.67. The van der Waals surface area contributed by atoms with E-state index < -0.39 is 110 Å². The Hall–Kier alpha value is -4.81. The normalized spacial score (nSPS) is 12.6. The van der Waals surface area contributed by atoms with E-state index in [1.165, 1.54) is 0 Å². The van der Waals surface area contributed by atoms with Crippen LogP contribution in [0.15, 0.2) is 0 Å². The number of aliphatic carboxylic acids is 4. The van der Waals surface area contributed by atoms with E-state index in [2.05, 4.69) is 0 Å². The van der Waals surface area contributed by atoms with E-state index in [9.17, 15) is 43.2 Å². The molecule has 0 aliphatic carbocycles. The van der Waals surface area contributed by atoms with Gasteiger partial charge in [0.05, 0.1) is 32.0 Å². The van der Waals surface area contributed by atoms with Crippen molar-refractivity contribution in [3.63, 3.8) is 0 Å². The quantitative estimate of drug-likeness (QED) is 0.0764. The van der Waals surface area contributed by atoms with Crippen molar-refractivity contribution in [3.8, 4) is 0 Å². The van der Waals surface area contributed by atoms with Crippen molar-refractivity contribution in [2.24, 2.45) is 5.73 Å². The number of hydrogen-bond donors (Lipinski definition) is 10. The monoisotopic (exact) mass is 548 g/mol. The maximum atomic E-state index is 12.3. The molecule has 0 aliphatic heterocycles. The summed E-state index contributed by atoms with van der Waals surface area (Å²) in [5.41, 5.74) is 5.50. The van der Waals surface area contributed by atoms with Crippen LogP contribution >= 0.6 is 0 Å². The molecule has 0 rings (SSSR count). The highest BCUT2D eigenvalue weighted by Crippen LogP contribution is 1.99. The van der Waals surface area contributed by atoms with E-state index in [1.807, 2.05) is 26.6 Å². The summed E-state index contributed by atoms with van der Waals surface area (Å²) in [5.74, 6) is -10.8. The molecule has 0 saturated heterocycles. The average molecular weight is 548 g/mol. The lowest BCUT2D eigenvalue weighted by Crippen LogP contribution is -2.54. The number of carboxylic acids is 4. The van der Waals surface area contributed by atoms with Crippen LogP contribution in [-0.4, -0.2) is 112 Å². The van der Waals surface area contributed by atoms with Gasteiger partial charge in [-0.3, -0.25) is 43.2 Å². The molecule has 3 unspecified atom stereocenters. The third-order valence-corrected chi connectivity index (χ3v) is 4.33. The number of nitrogens with one attached hydrogen (secondary N) is 5. The summed E-state index contributed by atoms with van der Waals surface area (Å²) < 4.78 is 0. The summed E-state index contributed by atoms with van der Waals surface area (Å²) in [4.78, 5) is 103. The van der Waals surface area contributed by atoms with Crippen molar-refractivity contribution >= 4 is 53.4 Å². The third-order valence-electron chi connectivity index (χ3n) is 4.33. The lowest BCUT2D eigenvalue weighted by Gasteiger charge is -2.19. The summed E-state index contributed by atoms with van der Waals surface area (Å²) in [6.07, 6.45) is -2.54. The second kappa shape index (κ2) is 16.8. The molecule has 0 bridgehead atoms. The van der Waals surface area contributed by atoms with Crippen molar-refractivity contribution in [2.45, 2.75) is 43.8 Å². The van der Waals surface area contributed by atoms with Crippen LogP contribution in [0.4, 0.5) is 0 Å². The summed E-state index contributed by atoms with van der Waals surface area (Å²) in [6, 6.07) is -4.68. The number of nitrogens with two attached hydrogens (primary N) is 1. The first-order valence-electron chi connectivity index (χ1n) is 10.7. The van der Waals surface area contributed by atoms with Gasteiger partial charge in [0, 0.05) is 6.42 Å². The Morgan fingerprint density at radius 1 is 0.553 bits per heavy atom. The second-order valence-electron chi connectivity index (χ2n) is 7.52. The summed E-state index contributed by atoms with van der Waals surface area (Å²) in [6.45, 7) is -2.41. The fourth-order valence-corrected chi connectivity index (χ4v) is 2.52. The zero-order valence-electron chi connectivity index (χ0n) is 19.7. The first-order chi connectivity index (χ1) is 17.6. The van der Waals surface area contributed by atoms with Crippen molar-refractivity contribution in [3.05, 3.63) is 0 Å². The molecule has 0 radical (unpaired) electrons. The molecule has 19 nitrogen and oxygen atoms in total. The molecule has 0 fully saturated rings. The molecule has 11 N–H and O–H groups in total. The van der Waals surface area contributed by atoms with Crippen LogP contribution in [0.2, 0.25) is 0 Å². The van der Waals surface area contributed by atoms with Crippen molar-refractivity contribution in [1.29, 1.82) is 0 Å². The number of carbonyl (C=O) groups excluding carboxylic acids is 5. The van der Waals surface area contributed by atoms with Crippen LogP contribution in [-0.2, 0) is 43.2 Å². The highest BCUT2D eigenvalue weighted by atomic mass is 16.4. The van der Waals surface area contributed by atoms with Crippen LogP contribution in [0.25, 0.3) is 0 Å². The molecule has 212 valence electrons. The Labute approximate surface area is 213 Å². The van der Waals surface area contributed by atoms with E-state index >= 15 is 0 Å². The Balaban J connectivity index is 4.83. The number of carbonyl (C=O) groups is 9. The van der Waals surface area contributed by atoms with Crippen LogP contribution < -0.4 is 32.3 Å². The van der Waals surface area contributed by atoms with Crippen LogP contribution in [0.3, 0.4) is 0 Å². The van der Waals surface area contributed by atoms with Gasteiger partial charge in [-0.25, -0.2) is 0 Å². The molecule has 0 spiro atoms. The van der Waals surface area contributed by atoms with E-state index in [4.69, 9.17) is 26.2 Å². The number of amides is 5. The van der Waals surface area contributed by atoms with Gasteiger partial charge in [0.15, 0.2) is 0 Å². The number of rotatable bonds is 18. The van der Waals surface area contributed by atoms with Gasteiger partial charge >= 0.3 is 23.9 Å². The first-order valence-corrected chi connectivity index (χ1v) is 10.7. The lowest BCUT2D eigenvalue weighted by atomic mass is 10.1. The Morgan fingerprint density at radius 3 is 1.50 bits per heavy atom. The number of hydrogen-bond acceptors (Lipinski definition) is 10. The largest absolute Gasteiger partial charge is 0.481 e. The van der Waals surface area contributed by atoms with E-state index in [0.29, 0.717) is 0 Å². The predicted molar refractivity (Wildman–Crippen MR) is 120 cm³/mol. The molecule has 0 saturated carbocycles.